The van der Waals surface area contributed by atoms with E-state index < -0.39 is 17.7 Å². The zero-order valence-electron chi connectivity index (χ0n) is 17.3. The van der Waals surface area contributed by atoms with Crippen molar-refractivity contribution in [1.29, 1.82) is 0 Å². The number of carbonyl (C=O) groups is 2. The van der Waals surface area contributed by atoms with Crippen molar-refractivity contribution in [2.24, 2.45) is 5.84 Å². The van der Waals surface area contributed by atoms with Gasteiger partial charge in [0.15, 0.2) is 0 Å². The average molecular weight is 411 g/mol. The van der Waals surface area contributed by atoms with E-state index in [1.54, 1.807) is 51.1 Å². The first-order valence-electron chi connectivity index (χ1n) is 9.34. The van der Waals surface area contributed by atoms with E-state index in [0.29, 0.717) is 29.1 Å². The number of carbonyl (C=O) groups excluding carboxylic acids is 1. The molecule has 7 heteroatoms. The molecule has 0 aliphatic carbocycles. The standard InChI is InChI=1S/C23H26FN3O3/c1-14(2)20(12-22(28)29)16(4)27(25)13-17-6-8-18(9-7-17)26-23(30)19-10-5-15(3)11-21(19)24/h5-11H,1,12-13,25H2,2-4H3,(H,26,30)(H,28,29)/b20-16-. The second-order valence-corrected chi connectivity index (χ2v) is 7.18. The van der Waals surface area contributed by atoms with Crippen LogP contribution in [0.4, 0.5) is 10.1 Å². The van der Waals surface area contributed by atoms with E-state index >= 15 is 0 Å². The van der Waals surface area contributed by atoms with Crippen LogP contribution in [0.3, 0.4) is 0 Å². The Labute approximate surface area is 175 Å². The number of allylic oxidation sites excluding steroid dienone is 2. The molecule has 0 unspecified atom stereocenters. The van der Waals surface area contributed by atoms with Crippen molar-refractivity contribution in [2.75, 3.05) is 5.32 Å². The highest BCUT2D eigenvalue weighted by atomic mass is 19.1. The molecule has 0 aliphatic heterocycles. The van der Waals surface area contributed by atoms with Crippen LogP contribution in [0.15, 0.2) is 65.9 Å². The number of rotatable bonds is 8. The summed E-state index contributed by atoms with van der Waals surface area (Å²) in [5.74, 6) is 4.07. The van der Waals surface area contributed by atoms with Crippen LogP contribution >= 0.6 is 0 Å². The highest BCUT2D eigenvalue weighted by Gasteiger charge is 2.14. The van der Waals surface area contributed by atoms with E-state index in [0.717, 1.165) is 11.1 Å². The molecule has 30 heavy (non-hydrogen) atoms. The summed E-state index contributed by atoms with van der Waals surface area (Å²) >= 11 is 0. The Kier molecular flexibility index (Phi) is 7.49. The van der Waals surface area contributed by atoms with Crippen molar-refractivity contribution in [3.05, 3.63) is 88.4 Å². The minimum absolute atomic E-state index is 0.0238. The molecule has 0 saturated carbocycles. The molecule has 0 heterocycles. The number of carboxylic acid groups (broad SMARTS) is 1. The maximum Gasteiger partial charge on any atom is 0.307 e. The van der Waals surface area contributed by atoms with E-state index in [1.807, 2.05) is 0 Å². The van der Waals surface area contributed by atoms with Gasteiger partial charge in [-0.3, -0.25) is 9.59 Å². The smallest absolute Gasteiger partial charge is 0.307 e. The summed E-state index contributed by atoms with van der Waals surface area (Å²) in [6, 6.07) is 11.4. The summed E-state index contributed by atoms with van der Waals surface area (Å²) in [4.78, 5) is 23.4. The van der Waals surface area contributed by atoms with Crippen molar-refractivity contribution in [3.63, 3.8) is 0 Å². The third-order valence-electron chi connectivity index (χ3n) is 4.64. The van der Waals surface area contributed by atoms with Gasteiger partial charge in [0.05, 0.1) is 18.5 Å². The molecule has 6 nitrogen and oxygen atoms in total. The van der Waals surface area contributed by atoms with Gasteiger partial charge in [-0.15, -0.1) is 0 Å². The fourth-order valence-corrected chi connectivity index (χ4v) is 2.92. The van der Waals surface area contributed by atoms with Crippen molar-refractivity contribution < 1.29 is 19.1 Å². The predicted molar refractivity (Wildman–Crippen MR) is 115 cm³/mol. The van der Waals surface area contributed by atoms with E-state index in [1.165, 1.54) is 17.1 Å². The molecule has 0 atom stereocenters. The number of benzene rings is 2. The molecule has 1 amide bonds. The first kappa shape index (κ1) is 22.8. The molecule has 0 fully saturated rings. The van der Waals surface area contributed by atoms with Gasteiger partial charge in [-0.2, -0.15) is 0 Å². The summed E-state index contributed by atoms with van der Waals surface area (Å²) in [6.07, 6.45) is -0.157. The molecule has 158 valence electrons. The Morgan fingerprint density at radius 2 is 1.80 bits per heavy atom. The number of hydrogen-bond acceptors (Lipinski definition) is 4. The SMILES string of the molecule is C=C(C)/C(CC(=O)O)=C(/C)N(N)Cc1ccc(NC(=O)c2ccc(C)cc2F)cc1. The molecule has 0 saturated heterocycles. The molecular formula is C23H26FN3O3. The fraction of sp³-hybridized carbons (Fsp3) is 0.217. The lowest BCUT2D eigenvalue weighted by Gasteiger charge is -2.23. The van der Waals surface area contributed by atoms with Crippen LogP contribution in [0.2, 0.25) is 0 Å². The number of nitrogens with two attached hydrogens (primary N) is 1. The first-order valence-corrected chi connectivity index (χ1v) is 9.34. The van der Waals surface area contributed by atoms with Crippen LogP contribution < -0.4 is 11.2 Å². The highest BCUT2D eigenvalue weighted by Crippen LogP contribution is 2.21. The van der Waals surface area contributed by atoms with Crippen molar-refractivity contribution in [1.82, 2.24) is 5.01 Å². The summed E-state index contributed by atoms with van der Waals surface area (Å²) in [5, 5.41) is 13.2. The van der Waals surface area contributed by atoms with Gasteiger partial charge >= 0.3 is 5.97 Å². The second kappa shape index (κ2) is 9.84. The number of carboxylic acids is 1. The van der Waals surface area contributed by atoms with Crippen LogP contribution in [0.1, 0.15) is 41.8 Å². The van der Waals surface area contributed by atoms with Crippen LogP contribution in [-0.2, 0) is 11.3 Å². The van der Waals surface area contributed by atoms with Crippen LogP contribution in [0, 0.1) is 12.7 Å². The van der Waals surface area contributed by atoms with Crippen molar-refractivity contribution in [3.8, 4) is 0 Å². The number of hydrogen-bond donors (Lipinski definition) is 3. The summed E-state index contributed by atoms with van der Waals surface area (Å²) in [7, 11) is 0. The van der Waals surface area contributed by atoms with Gasteiger partial charge in [-0.1, -0.05) is 30.4 Å². The number of amides is 1. The van der Waals surface area contributed by atoms with Gasteiger partial charge < -0.3 is 15.4 Å². The maximum atomic E-state index is 14.0. The normalized spacial score (nSPS) is 11.5. The van der Waals surface area contributed by atoms with Crippen molar-refractivity contribution >= 4 is 17.6 Å². The Morgan fingerprint density at radius 1 is 1.17 bits per heavy atom. The lowest BCUT2D eigenvalue weighted by molar-refractivity contribution is -0.136. The van der Waals surface area contributed by atoms with Gasteiger partial charge in [0.1, 0.15) is 5.82 Å². The summed E-state index contributed by atoms with van der Waals surface area (Å²) < 4.78 is 14.0. The minimum Gasteiger partial charge on any atom is -0.481 e. The number of anilines is 1. The highest BCUT2D eigenvalue weighted by molar-refractivity contribution is 6.04. The molecular weight excluding hydrogens is 385 g/mol. The monoisotopic (exact) mass is 411 g/mol. The lowest BCUT2D eigenvalue weighted by atomic mass is 10.0. The van der Waals surface area contributed by atoms with Crippen LogP contribution in [-0.4, -0.2) is 22.0 Å². The third-order valence-corrected chi connectivity index (χ3v) is 4.64. The lowest BCUT2D eigenvalue weighted by Crippen LogP contribution is -2.30. The second-order valence-electron chi connectivity index (χ2n) is 7.18. The number of aliphatic carboxylic acids is 1. The minimum atomic E-state index is -0.953. The molecule has 4 N–H and O–H groups in total. The number of nitrogens with zero attached hydrogens (tertiary/aromatic N) is 1. The fourth-order valence-electron chi connectivity index (χ4n) is 2.92. The molecule has 0 aliphatic rings. The quantitative estimate of drug-likeness (QED) is 0.340. The molecule has 0 radical (unpaired) electrons. The topological polar surface area (TPSA) is 95.7 Å². The van der Waals surface area contributed by atoms with Crippen LogP contribution in [0.5, 0.6) is 0 Å². The number of aryl methyl sites for hydroxylation is 1. The Bertz CT molecular complexity index is 997. The third kappa shape index (κ3) is 6.02. The van der Waals surface area contributed by atoms with Crippen molar-refractivity contribution in [2.45, 2.75) is 33.7 Å². The maximum absolute atomic E-state index is 14.0. The number of halogens is 1. The number of nitrogens with one attached hydrogen (secondary N) is 1. The van der Waals surface area contributed by atoms with Gasteiger partial charge in [0, 0.05) is 11.4 Å². The molecule has 0 bridgehead atoms. The Balaban J connectivity index is 2.09. The van der Waals surface area contributed by atoms with Gasteiger partial charge in [0.2, 0.25) is 0 Å². The van der Waals surface area contributed by atoms with Gasteiger partial charge in [-0.05, 0) is 61.7 Å². The Hall–Kier alpha value is -3.45. The molecule has 0 spiro atoms. The predicted octanol–water partition coefficient (Wildman–Crippen LogP) is 4.39. The first-order chi connectivity index (χ1) is 14.1. The Morgan fingerprint density at radius 3 is 2.33 bits per heavy atom. The van der Waals surface area contributed by atoms with E-state index in [4.69, 9.17) is 10.9 Å². The molecule has 2 rings (SSSR count). The summed E-state index contributed by atoms with van der Waals surface area (Å²) in [6.45, 7) is 9.40. The van der Waals surface area contributed by atoms with E-state index in [-0.39, 0.29) is 12.0 Å². The van der Waals surface area contributed by atoms with E-state index in [9.17, 15) is 14.0 Å². The largest absolute Gasteiger partial charge is 0.481 e. The van der Waals surface area contributed by atoms with Gasteiger partial charge in [0.25, 0.3) is 5.91 Å². The zero-order valence-corrected chi connectivity index (χ0v) is 17.3. The molecule has 2 aromatic rings. The average Bonchev–Trinajstić information content (AvgIpc) is 2.66. The van der Waals surface area contributed by atoms with Crippen LogP contribution in [0.25, 0.3) is 0 Å². The van der Waals surface area contributed by atoms with E-state index in [2.05, 4.69) is 11.9 Å². The van der Waals surface area contributed by atoms with Gasteiger partial charge in [-0.25, -0.2) is 10.2 Å². The molecule has 2 aromatic carbocycles. The number of hydrazine groups is 1. The molecule has 0 aromatic heterocycles. The zero-order chi connectivity index (χ0) is 22.4. The summed E-state index contributed by atoms with van der Waals surface area (Å²) in [5.41, 5.74) is 3.94.